The molecule has 5 nitrogen and oxygen atoms in total. The minimum Gasteiger partial charge on any atom is -0.348 e. The summed E-state index contributed by atoms with van der Waals surface area (Å²) in [5, 5.41) is 7.28. The van der Waals surface area contributed by atoms with Gasteiger partial charge >= 0.3 is 5.76 Å². The molecule has 10 heteroatoms. The van der Waals surface area contributed by atoms with Crippen LogP contribution in [0.1, 0.15) is 29.4 Å². The van der Waals surface area contributed by atoms with Gasteiger partial charge in [-0.05, 0) is 37.8 Å². The Kier molecular flexibility index (Phi) is 6.72. The van der Waals surface area contributed by atoms with Crippen LogP contribution in [0, 0.1) is 0 Å². The zero-order valence-electron chi connectivity index (χ0n) is 11.7. The van der Waals surface area contributed by atoms with E-state index in [1.807, 2.05) is 6.92 Å². The van der Waals surface area contributed by atoms with Crippen LogP contribution in [-0.4, -0.2) is 38.7 Å². The highest BCUT2D eigenvalue weighted by molar-refractivity contribution is 7.92. The molecule has 1 aromatic rings. The van der Waals surface area contributed by atoms with Crippen molar-refractivity contribution in [2.45, 2.75) is 42.5 Å². The molecule has 126 valence electrons. The van der Waals surface area contributed by atoms with Crippen LogP contribution in [0.5, 0.6) is 0 Å². The molecule has 0 aromatic carbocycles. The molecule has 0 radical (unpaired) electrons. The Morgan fingerprint density at radius 3 is 2.77 bits per heavy atom. The van der Waals surface area contributed by atoms with Gasteiger partial charge in [0.25, 0.3) is 5.91 Å². The van der Waals surface area contributed by atoms with Crippen LogP contribution >= 0.6 is 23.7 Å². The summed E-state index contributed by atoms with van der Waals surface area (Å²) in [5.74, 6) is -4.14. The van der Waals surface area contributed by atoms with Gasteiger partial charge < -0.3 is 10.6 Å². The van der Waals surface area contributed by atoms with Crippen LogP contribution in [0.2, 0.25) is 0 Å². The van der Waals surface area contributed by atoms with Crippen molar-refractivity contribution in [1.82, 2.24) is 10.6 Å². The lowest BCUT2D eigenvalue weighted by atomic mass is 10.0. The fourth-order valence-electron chi connectivity index (χ4n) is 2.30. The molecular weight excluding hydrogens is 358 g/mol. The fraction of sp³-hybridized carbons (Fsp3) is 0.583. The monoisotopic (exact) mass is 374 g/mol. The van der Waals surface area contributed by atoms with E-state index in [1.165, 1.54) is 5.38 Å². The molecule has 0 spiro atoms. The van der Waals surface area contributed by atoms with Gasteiger partial charge in [-0.1, -0.05) is 0 Å². The normalized spacial score (nSPS) is 22.2. The number of thiophene rings is 1. The van der Waals surface area contributed by atoms with Gasteiger partial charge in [-0.25, -0.2) is 8.42 Å². The van der Waals surface area contributed by atoms with E-state index in [9.17, 15) is 22.0 Å². The Morgan fingerprint density at radius 2 is 2.18 bits per heavy atom. The van der Waals surface area contributed by atoms with Gasteiger partial charge in [-0.15, -0.1) is 23.7 Å². The second kappa shape index (κ2) is 7.67. The van der Waals surface area contributed by atoms with E-state index in [1.54, 1.807) is 0 Å². The van der Waals surface area contributed by atoms with Crippen LogP contribution < -0.4 is 10.6 Å². The molecule has 1 fully saturated rings. The third-order valence-electron chi connectivity index (χ3n) is 3.34. The zero-order valence-corrected chi connectivity index (χ0v) is 14.2. The average Bonchev–Trinajstić information content (AvgIpc) is 2.88. The van der Waals surface area contributed by atoms with Crippen molar-refractivity contribution in [2.24, 2.45) is 0 Å². The van der Waals surface area contributed by atoms with E-state index in [2.05, 4.69) is 10.6 Å². The van der Waals surface area contributed by atoms with Crippen LogP contribution in [0.4, 0.5) is 8.78 Å². The number of alkyl halides is 2. The SMILES string of the molecule is CC1CC(NC(=O)c2sccc2S(=O)(=O)C(F)F)CCN1.Cl. The van der Waals surface area contributed by atoms with Crippen molar-refractivity contribution >= 4 is 39.5 Å². The van der Waals surface area contributed by atoms with Crippen molar-refractivity contribution in [3.63, 3.8) is 0 Å². The molecule has 0 aliphatic carbocycles. The standard InChI is InChI=1S/C12H16F2N2O3S2.ClH/c1-7-6-8(2-4-15-7)16-11(17)10-9(3-5-20-10)21(18,19)12(13)14;/h3,5,7-8,12,15H,2,4,6H2,1H3,(H,16,17);1H. The maximum absolute atomic E-state index is 12.6. The van der Waals surface area contributed by atoms with Crippen molar-refractivity contribution in [3.8, 4) is 0 Å². The highest BCUT2D eigenvalue weighted by atomic mass is 35.5. The lowest BCUT2D eigenvalue weighted by Crippen LogP contribution is -2.46. The minimum absolute atomic E-state index is 0. The lowest BCUT2D eigenvalue weighted by molar-refractivity contribution is 0.0926. The van der Waals surface area contributed by atoms with Crippen molar-refractivity contribution in [3.05, 3.63) is 16.3 Å². The molecule has 2 rings (SSSR count). The van der Waals surface area contributed by atoms with Crippen molar-refractivity contribution in [2.75, 3.05) is 6.54 Å². The van der Waals surface area contributed by atoms with E-state index in [0.717, 1.165) is 30.4 Å². The first-order valence-corrected chi connectivity index (χ1v) is 8.88. The van der Waals surface area contributed by atoms with E-state index in [4.69, 9.17) is 0 Å². The number of hydrogen-bond acceptors (Lipinski definition) is 5. The maximum Gasteiger partial charge on any atom is 0.341 e. The number of halogens is 3. The maximum atomic E-state index is 12.6. The Morgan fingerprint density at radius 1 is 1.50 bits per heavy atom. The summed E-state index contributed by atoms with van der Waals surface area (Å²) in [6.07, 6.45) is 1.44. The minimum atomic E-state index is -4.76. The number of amides is 1. The van der Waals surface area contributed by atoms with E-state index < -0.39 is 26.4 Å². The molecule has 1 amide bonds. The second-order valence-electron chi connectivity index (χ2n) is 4.97. The molecule has 22 heavy (non-hydrogen) atoms. The second-order valence-corrected chi connectivity index (χ2v) is 7.77. The highest BCUT2D eigenvalue weighted by Gasteiger charge is 2.32. The molecule has 1 aliphatic heterocycles. The predicted molar refractivity (Wildman–Crippen MR) is 82.7 cm³/mol. The summed E-state index contributed by atoms with van der Waals surface area (Å²) in [4.78, 5) is 11.4. The average molecular weight is 375 g/mol. The van der Waals surface area contributed by atoms with Gasteiger partial charge in [0.15, 0.2) is 0 Å². The van der Waals surface area contributed by atoms with E-state index in [-0.39, 0.29) is 29.4 Å². The van der Waals surface area contributed by atoms with Gasteiger partial charge in [0.05, 0.1) is 4.90 Å². The Balaban J connectivity index is 0.00000242. The molecule has 2 heterocycles. The molecular formula is C12H17ClF2N2O3S2. The van der Waals surface area contributed by atoms with E-state index >= 15 is 0 Å². The molecule has 0 saturated carbocycles. The molecule has 1 aliphatic rings. The number of sulfone groups is 1. The summed E-state index contributed by atoms with van der Waals surface area (Å²) in [5.41, 5.74) is 0. The number of carbonyl (C=O) groups excluding carboxylic acids is 1. The van der Waals surface area contributed by atoms with Crippen LogP contribution in [-0.2, 0) is 9.84 Å². The Labute approximate surface area is 137 Å². The molecule has 1 aromatic heterocycles. The quantitative estimate of drug-likeness (QED) is 0.845. The number of nitrogens with one attached hydrogen (secondary N) is 2. The molecule has 0 bridgehead atoms. The van der Waals surface area contributed by atoms with Crippen molar-refractivity contribution < 1.29 is 22.0 Å². The van der Waals surface area contributed by atoms with Gasteiger partial charge in [-0.2, -0.15) is 8.78 Å². The Bertz CT molecular complexity index is 622. The van der Waals surface area contributed by atoms with Crippen LogP contribution in [0.25, 0.3) is 0 Å². The molecule has 1 saturated heterocycles. The number of carbonyl (C=O) groups is 1. The molecule has 2 N–H and O–H groups in total. The first kappa shape index (κ1) is 19.3. The molecule has 2 atom stereocenters. The predicted octanol–water partition coefficient (Wildman–Crippen LogP) is 2.04. The number of hydrogen-bond donors (Lipinski definition) is 2. The lowest BCUT2D eigenvalue weighted by Gasteiger charge is -2.28. The largest absolute Gasteiger partial charge is 0.348 e. The third-order valence-corrected chi connectivity index (χ3v) is 5.80. The van der Waals surface area contributed by atoms with Gasteiger partial charge in [0, 0.05) is 12.1 Å². The summed E-state index contributed by atoms with van der Waals surface area (Å²) in [6, 6.07) is 1.21. The van der Waals surface area contributed by atoms with Gasteiger partial charge in [-0.3, -0.25) is 4.79 Å². The zero-order chi connectivity index (χ0) is 15.6. The first-order chi connectivity index (χ1) is 9.82. The van der Waals surface area contributed by atoms with Crippen LogP contribution in [0.3, 0.4) is 0 Å². The summed E-state index contributed by atoms with van der Waals surface area (Å²) in [6.45, 7) is 2.73. The topological polar surface area (TPSA) is 75.3 Å². The summed E-state index contributed by atoms with van der Waals surface area (Å²) < 4.78 is 48.3. The van der Waals surface area contributed by atoms with Crippen LogP contribution in [0.15, 0.2) is 16.3 Å². The fourth-order valence-corrected chi connectivity index (χ4v) is 4.37. The van der Waals surface area contributed by atoms with E-state index in [0.29, 0.717) is 6.42 Å². The summed E-state index contributed by atoms with van der Waals surface area (Å²) >= 11 is 0.851. The van der Waals surface area contributed by atoms with Gasteiger partial charge in [0.2, 0.25) is 9.84 Å². The Hall–Kier alpha value is -0.770. The number of piperidine rings is 1. The van der Waals surface area contributed by atoms with Crippen molar-refractivity contribution in [1.29, 1.82) is 0 Å². The highest BCUT2D eigenvalue weighted by Crippen LogP contribution is 2.27. The van der Waals surface area contributed by atoms with Gasteiger partial charge in [0.1, 0.15) is 4.88 Å². The third kappa shape index (κ3) is 4.15. The summed E-state index contributed by atoms with van der Waals surface area (Å²) in [7, 11) is -4.76. The smallest absolute Gasteiger partial charge is 0.341 e. The number of rotatable bonds is 4. The first-order valence-electron chi connectivity index (χ1n) is 6.46. The molecule has 2 unspecified atom stereocenters.